The van der Waals surface area contributed by atoms with Crippen molar-refractivity contribution in [3.63, 3.8) is 0 Å². The first-order valence-corrected chi connectivity index (χ1v) is 10.5. The Bertz CT molecular complexity index is 1030. The number of methoxy groups -OCH3 is 1. The fourth-order valence-electron chi connectivity index (χ4n) is 2.59. The number of hydrogen-bond acceptors (Lipinski definition) is 7. The quantitative estimate of drug-likeness (QED) is 0.384. The van der Waals surface area contributed by atoms with Crippen molar-refractivity contribution < 1.29 is 18.7 Å². The van der Waals surface area contributed by atoms with Crippen LogP contribution in [0.15, 0.2) is 58.2 Å². The molecule has 0 spiro atoms. The Balaban J connectivity index is 1.62. The van der Waals surface area contributed by atoms with Gasteiger partial charge in [-0.2, -0.15) is 0 Å². The molecule has 0 saturated heterocycles. The summed E-state index contributed by atoms with van der Waals surface area (Å²) in [6.45, 7) is 0. The van der Waals surface area contributed by atoms with E-state index in [4.69, 9.17) is 32.4 Å². The van der Waals surface area contributed by atoms with E-state index in [2.05, 4.69) is 15.5 Å². The molecule has 1 aromatic heterocycles. The standard InChI is InChI=1S/C20H17Cl2N3O4S/c1-28-18(27)10-16(14-4-2-3-5-15(14)22)23-17(26)11-30-20-25-24-19(29-20)12-6-8-13(21)9-7-12/h2-9,16H,10-11H2,1H3,(H,23,26). The first-order valence-electron chi connectivity index (χ1n) is 8.79. The van der Waals surface area contributed by atoms with Crippen LogP contribution in [0.25, 0.3) is 11.5 Å². The highest BCUT2D eigenvalue weighted by Crippen LogP contribution is 2.27. The van der Waals surface area contributed by atoms with Gasteiger partial charge >= 0.3 is 5.97 Å². The van der Waals surface area contributed by atoms with Crippen molar-refractivity contribution in [1.29, 1.82) is 0 Å². The van der Waals surface area contributed by atoms with Gasteiger partial charge in [0, 0.05) is 15.6 Å². The van der Waals surface area contributed by atoms with Crippen LogP contribution in [0.2, 0.25) is 10.0 Å². The van der Waals surface area contributed by atoms with Crippen LogP contribution >= 0.6 is 35.0 Å². The molecule has 0 aliphatic heterocycles. The highest BCUT2D eigenvalue weighted by atomic mass is 35.5. The lowest BCUT2D eigenvalue weighted by atomic mass is 10.0. The van der Waals surface area contributed by atoms with Gasteiger partial charge in [-0.3, -0.25) is 9.59 Å². The lowest BCUT2D eigenvalue weighted by molar-refractivity contribution is -0.141. The van der Waals surface area contributed by atoms with Crippen molar-refractivity contribution in [1.82, 2.24) is 15.5 Å². The Labute approximate surface area is 187 Å². The Morgan fingerprint density at radius 1 is 1.13 bits per heavy atom. The van der Waals surface area contributed by atoms with Crippen molar-refractivity contribution in [2.45, 2.75) is 17.7 Å². The molecule has 3 rings (SSSR count). The van der Waals surface area contributed by atoms with E-state index in [0.717, 1.165) is 17.3 Å². The largest absolute Gasteiger partial charge is 0.469 e. The van der Waals surface area contributed by atoms with Crippen LogP contribution in [0.3, 0.4) is 0 Å². The summed E-state index contributed by atoms with van der Waals surface area (Å²) in [5.41, 5.74) is 1.35. The van der Waals surface area contributed by atoms with Crippen molar-refractivity contribution in [2.24, 2.45) is 0 Å². The summed E-state index contributed by atoms with van der Waals surface area (Å²) in [5, 5.41) is 12.0. The van der Waals surface area contributed by atoms with Crippen LogP contribution in [0.4, 0.5) is 0 Å². The lowest BCUT2D eigenvalue weighted by Crippen LogP contribution is -2.32. The molecular formula is C20H17Cl2N3O4S. The first kappa shape index (κ1) is 22.1. The van der Waals surface area contributed by atoms with Gasteiger partial charge in [-0.05, 0) is 35.9 Å². The molecule has 1 heterocycles. The van der Waals surface area contributed by atoms with Crippen LogP contribution in [-0.4, -0.2) is 34.9 Å². The fraction of sp³-hybridized carbons (Fsp3) is 0.200. The van der Waals surface area contributed by atoms with Gasteiger partial charge in [0.05, 0.1) is 25.3 Å². The number of ether oxygens (including phenoxy) is 1. The van der Waals surface area contributed by atoms with E-state index in [1.54, 1.807) is 48.5 Å². The van der Waals surface area contributed by atoms with Crippen molar-refractivity contribution in [2.75, 3.05) is 12.9 Å². The second-order valence-electron chi connectivity index (χ2n) is 6.09. The van der Waals surface area contributed by atoms with Crippen LogP contribution in [0.1, 0.15) is 18.0 Å². The summed E-state index contributed by atoms with van der Waals surface area (Å²) in [7, 11) is 1.29. The number of nitrogens with one attached hydrogen (secondary N) is 1. The molecule has 156 valence electrons. The predicted molar refractivity (Wildman–Crippen MR) is 114 cm³/mol. The van der Waals surface area contributed by atoms with E-state index >= 15 is 0 Å². The number of amides is 1. The third kappa shape index (κ3) is 5.98. The van der Waals surface area contributed by atoms with Gasteiger partial charge in [0.15, 0.2) is 0 Å². The first-order chi connectivity index (χ1) is 14.5. The number of benzene rings is 2. The third-order valence-electron chi connectivity index (χ3n) is 4.04. The van der Waals surface area contributed by atoms with E-state index in [1.165, 1.54) is 7.11 Å². The summed E-state index contributed by atoms with van der Waals surface area (Å²) in [6, 6.07) is 13.3. The molecular weight excluding hydrogens is 449 g/mol. The minimum Gasteiger partial charge on any atom is -0.469 e. The maximum Gasteiger partial charge on any atom is 0.307 e. The number of hydrogen-bond donors (Lipinski definition) is 1. The lowest BCUT2D eigenvalue weighted by Gasteiger charge is -2.19. The van der Waals surface area contributed by atoms with E-state index in [-0.39, 0.29) is 23.3 Å². The molecule has 1 amide bonds. The number of nitrogens with zero attached hydrogens (tertiary/aromatic N) is 2. The zero-order valence-corrected chi connectivity index (χ0v) is 18.1. The third-order valence-corrected chi connectivity index (χ3v) is 5.45. The van der Waals surface area contributed by atoms with Gasteiger partial charge in [0.2, 0.25) is 11.8 Å². The van der Waals surface area contributed by atoms with Crippen LogP contribution < -0.4 is 5.32 Å². The minimum absolute atomic E-state index is 0.0182. The molecule has 0 radical (unpaired) electrons. The molecule has 30 heavy (non-hydrogen) atoms. The molecule has 0 aliphatic carbocycles. The topological polar surface area (TPSA) is 94.3 Å². The molecule has 7 nitrogen and oxygen atoms in total. The molecule has 10 heteroatoms. The monoisotopic (exact) mass is 465 g/mol. The average Bonchev–Trinajstić information content (AvgIpc) is 3.21. The molecule has 0 bridgehead atoms. The Hall–Kier alpha value is -2.55. The number of esters is 1. The maximum absolute atomic E-state index is 12.5. The van der Waals surface area contributed by atoms with Gasteiger partial charge in [0.1, 0.15) is 0 Å². The molecule has 1 atom stereocenters. The second kappa shape index (κ2) is 10.5. The van der Waals surface area contributed by atoms with Gasteiger partial charge in [-0.1, -0.05) is 53.2 Å². The summed E-state index contributed by atoms with van der Waals surface area (Å²) in [5.74, 6) is -0.434. The van der Waals surface area contributed by atoms with Crippen LogP contribution in [0, 0.1) is 0 Å². The number of carbonyl (C=O) groups is 2. The number of thioether (sulfide) groups is 1. The van der Waals surface area contributed by atoms with Crippen LogP contribution in [0.5, 0.6) is 0 Å². The van der Waals surface area contributed by atoms with Crippen LogP contribution in [-0.2, 0) is 14.3 Å². The normalized spacial score (nSPS) is 11.7. The summed E-state index contributed by atoms with van der Waals surface area (Å²) in [6.07, 6.45) is -0.0437. The van der Waals surface area contributed by atoms with E-state index in [9.17, 15) is 9.59 Å². The molecule has 0 aliphatic rings. The Morgan fingerprint density at radius 3 is 2.57 bits per heavy atom. The molecule has 2 aromatic carbocycles. The summed E-state index contributed by atoms with van der Waals surface area (Å²) < 4.78 is 10.3. The molecule has 3 aromatic rings. The second-order valence-corrected chi connectivity index (χ2v) is 7.86. The van der Waals surface area contributed by atoms with E-state index in [0.29, 0.717) is 21.5 Å². The van der Waals surface area contributed by atoms with E-state index < -0.39 is 12.0 Å². The van der Waals surface area contributed by atoms with Crippen molar-refractivity contribution >= 4 is 46.8 Å². The van der Waals surface area contributed by atoms with Gasteiger partial charge < -0.3 is 14.5 Å². The number of rotatable bonds is 8. The molecule has 1 N–H and O–H groups in total. The van der Waals surface area contributed by atoms with Gasteiger partial charge in [-0.25, -0.2) is 0 Å². The highest BCUT2D eigenvalue weighted by Gasteiger charge is 2.21. The SMILES string of the molecule is COC(=O)CC(NC(=O)CSc1nnc(-c2ccc(Cl)cc2)o1)c1ccccc1Cl. The smallest absolute Gasteiger partial charge is 0.307 e. The predicted octanol–water partition coefficient (Wildman–Crippen LogP) is 4.56. The maximum atomic E-state index is 12.5. The molecule has 1 unspecified atom stereocenters. The Morgan fingerprint density at radius 2 is 1.87 bits per heavy atom. The summed E-state index contributed by atoms with van der Waals surface area (Å²) >= 11 is 13.2. The van der Waals surface area contributed by atoms with Gasteiger partial charge in [0.25, 0.3) is 5.22 Å². The summed E-state index contributed by atoms with van der Waals surface area (Å²) in [4.78, 5) is 24.2. The highest BCUT2D eigenvalue weighted by molar-refractivity contribution is 7.99. The van der Waals surface area contributed by atoms with Crippen molar-refractivity contribution in [3.05, 3.63) is 64.1 Å². The number of carbonyl (C=O) groups excluding carboxylic acids is 2. The van der Waals surface area contributed by atoms with Crippen molar-refractivity contribution in [3.8, 4) is 11.5 Å². The fourth-order valence-corrected chi connectivity index (χ4v) is 3.55. The minimum atomic E-state index is -0.619. The van der Waals surface area contributed by atoms with Gasteiger partial charge in [-0.15, -0.1) is 10.2 Å². The number of aromatic nitrogens is 2. The zero-order chi connectivity index (χ0) is 21.5. The average molecular weight is 466 g/mol. The van der Waals surface area contributed by atoms with E-state index in [1.807, 2.05) is 0 Å². The zero-order valence-electron chi connectivity index (χ0n) is 15.8. The molecule has 0 fully saturated rings. The molecule has 0 saturated carbocycles. The Kier molecular flexibility index (Phi) is 7.73. The number of halogens is 2.